The van der Waals surface area contributed by atoms with Crippen LogP contribution in [0.1, 0.15) is 22.2 Å². The molecule has 1 aliphatic heterocycles. The Hall–Kier alpha value is -3.64. The monoisotopic (exact) mass is 534 g/mol. The van der Waals surface area contributed by atoms with Crippen molar-refractivity contribution in [1.29, 1.82) is 5.41 Å². The zero-order valence-electron chi connectivity index (χ0n) is 19.8. The first-order chi connectivity index (χ1) is 17.8. The second-order valence-corrected chi connectivity index (χ2v) is 11.7. The molecule has 6 N–H and O–H groups in total. The van der Waals surface area contributed by atoms with Gasteiger partial charge in [-0.3, -0.25) is 10.2 Å². The predicted molar refractivity (Wildman–Crippen MR) is 145 cm³/mol. The largest absolute Gasteiger partial charge is 0.384 e. The van der Waals surface area contributed by atoms with E-state index in [1.54, 1.807) is 30.3 Å². The lowest BCUT2D eigenvalue weighted by Gasteiger charge is -2.25. The molecule has 1 fully saturated rings. The van der Waals surface area contributed by atoms with Gasteiger partial charge >= 0.3 is 0 Å². The van der Waals surface area contributed by atoms with Gasteiger partial charge in [0.05, 0.1) is 27.1 Å². The van der Waals surface area contributed by atoms with Crippen LogP contribution in [-0.4, -0.2) is 38.2 Å². The first-order valence-electron chi connectivity index (χ1n) is 11.7. The molecule has 3 aromatic carbocycles. The number of benzene rings is 3. The second kappa shape index (κ2) is 10.4. The molecule has 2 heterocycles. The van der Waals surface area contributed by atoms with Gasteiger partial charge in [0, 0.05) is 24.3 Å². The summed E-state index contributed by atoms with van der Waals surface area (Å²) in [6.07, 6.45) is 0.311. The molecule has 1 aromatic heterocycles. The normalized spacial score (nSPS) is 14.7. The van der Waals surface area contributed by atoms with Crippen LogP contribution in [0.15, 0.2) is 77.7 Å². The molecular formula is C26H26N6O3S2. The second-order valence-electron chi connectivity index (χ2n) is 8.88. The number of thiazole rings is 1. The summed E-state index contributed by atoms with van der Waals surface area (Å²) in [5.41, 5.74) is 8.25. The molecule has 0 aliphatic carbocycles. The van der Waals surface area contributed by atoms with Crippen molar-refractivity contribution < 1.29 is 13.2 Å². The lowest BCUT2D eigenvalue weighted by atomic mass is 10.0. The minimum absolute atomic E-state index is 0.0423. The average molecular weight is 535 g/mol. The number of amides is 1. The number of carbonyl (C=O) groups excluding carboxylic acids is 1. The minimum Gasteiger partial charge on any atom is -0.384 e. The van der Waals surface area contributed by atoms with E-state index < -0.39 is 16.1 Å². The summed E-state index contributed by atoms with van der Waals surface area (Å²) in [6.45, 7) is 1.22. The van der Waals surface area contributed by atoms with E-state index in [0.717, 1.165) is 15.8 Å². The van der Waals surface area contributed by atoms with Gasteiger partial charge in [0.15, 0.2) is 0 Å². The Morgan fingerprint density at radius 1 is 1.11 bits per heavy atom. The maximum Gasteiger partial charge on any atom is 0.241 e. The van der Waals surface area contributed by atoms with Crippen molar-refractivity contribution in [2.24, 2.45) is 11.7 Å². The number of hydrogen-bond acceptors (Lipinski definition) is 7. The third kappa shape index (κ3) is 5.70. The number of rotatable bonds is 9. The molecule has 5 rings (SSSR count). The molecule has 1 aliphatic rings. The number of anilines is 1. The quantitative estimate of drug-likeness (QED) is 0.165. The van der Waals surface area contributed by atoms with E-state index in [1.165, 1.54) is 23.5 Å². The first kappa shape index (κ1) is 25.0. The Balaban J connectivity index is 1.45. The fourth-order valence-electron chi connectivity index (χ4n) is 4.03. The topological polar surface area (TPSA) is 150 Å². The van der Waals surface area contributed by atoms with Crippen LogP contribution in [0.2, 0.25) is 0 Å². The van der Waals surface area contributed by atoms with Crippen LogP contribution in [0, 0.1) is 11.3 Å². The van der Waals surface area contributed by atoms with E-state index in [-0.39, 0.29) is 22.6 Å². The highest BCUT2D eigenvalue weighted by atomic mass is 32.2. The van der Waals surface area contributed by atoms with E-state index in [0.29, 0.717) is 35.8 Å². The average Bonchev–Trinajstić information content (AvgIpc) is 3.27. The smallest absolute Gasteiger partial charge is 0.241 e. The van der Waals surface area contributed by atoms with Crippen LogP contribution in [-0.2, 0) is 21.2 Å². The minimum atomic E-state index is -3.98. The van der Waals surface area contributed by atoms with Crippen LogP contribution < -0.4 is 21.1 Å². The molecule has 9 nitrogen and oxygen atoms in total. The van der Waals surface area contributed by atoms with E-state index in [9.17, 15) is 13.2 Å². The molecule has 4 aromatic rings. The summed E-state index contributed by atoms with van der Waals surface area (Å²) < 4.78 is 30.8. The summed E-state index contributed by atoms with van der Waals surface area (Å²) in [5, 5.41) is 14.2. The number of nitrogens with zero attached hydrogens (tertiary/aromatic N) is 1. The van der Waals surface area contributed by atoms with Crippen molar-refractivity contribution in [3.8, 4) is 0 Å². The van der Waals surface area contributed by atoms with Crippen molar-refractivity contribution in [2.75, 3.05) is 18.4 Å². The molecule has 0 spiro atoms. The third-order valence-electron chi connectivity index (χ3n) is 6.15. The lowest BCUT2D eigenvalue weighted by molar-refractivity contribution is -0.121. The summed E-state index contributed by atoms with van der Waals surface area (Å²) in [4.78, 5) is 17.1. The Morgan fingerprint density at radius 3 is 2.62 bits per heavy atom. The molecule has 1 saturated heterocycles. The van der Waals surface area contributed by atoms with Crippen LogP contribution in [0.3, 0.4) is 0 Å². The number of aromatic nitrogens is 1. The van der Waals surface area contributed by atoms with Gasteiger partial charge in [-0.1, -0.05) is 36.4 Å². The summed E-state index contributed by atoms with van der Waals surface area (Å²) >= 11 is 1.43. The van der Waals surface area contributed by atoms with Crippen molar-refractivity contribution >= 4 is 49.0 Å². The van der Waals surface area contributed by atoms with Gasteiger partial charge < -0.3 is 16.4 Å². The molecule has 1 atom stereocenters. The van der Waals surface area contributed by atoms with Gasteiger partial charge in [-0.05, 0) is 48.4 Å². The van der Waals surface area contributed by atoms with Crippen molar-refractivity contribution in [3.63, 3.8) is 0 Å². The number of nitrogens with one attached hydrogen (secondary N) is 4. The highest BCUT2D eigenvalue weighted by Gasteiger charge is 2.27. The maximum atomic E-state index is 13.5. The molecular weight excluding hydrogens is 508 g/mol. The molecule has 0 bridgehead atoms. The van der Waals surface area contributed by atoms with Crippen LogP contribution >= 0.6 is 11.3 Å². The zero-order chi connectivity index (χ0) is 26.0. The molecule has 0 unspecified atom stereocenters. The predicted octanol–water partition coefficient (Wildman–Crippen LogP) is 3.00. The molecule has 190 valence electrons. The van der Waals surface area contributed by atoms with Gasteiger partial charge in [0.1, 0.15) is 10.8 Å². The van der Waals surface area contributed by atoms with Crippen molar-refractivity contribution in [2.45, 2.75) is 17.4 Å². The molecule has 37 heavy (non-hydrogen) atoms. The van der Waals surface area contributed by atoms with Crippen molar-refractivity contribution in [1.82, 2.24) is 15.0 Å². The highest BCUT2D eigenvalue weighted by molar-refractivity contribution is 7.89. The Morgan fingerprint density at radius 2 is 1.89 bits per heavy atom. The Labute approximate surface area is 218 Å². The third-order valence-corrected chi connectivity index (χ3v) is 8.77. The zero-order valence-corrected chi connectivity index (χ0v) is 21.4. The lowest BCUT2D eigenvalue weighted by Crippen LogP contribution is -2.48. The van der Waals surface area contributed by atoms with Gasteiger partial charge in [0.25, 0.3) is 0 Å². The van der Waals surface area contributed by atoms with E-state index in [2.05, 4.69) is 15.4 Å². The number of para-hydroxylation sites is 1. The molecule has 1 amide bonds. The number of amidine groups is 1. The van der Waals surface area contributed by atoms with Crippen LogP contribution in [0.5, 0.6) is 0 Å². The number of fused-ring (bicyclic) bond motifs is 1. The molecule has 11 heteroatoms. The molecule has 0 radical (unpaired) electrons. The number of nitrogen functional groups attached to an aromatic ring is 1. The maximum absolute atomic E-state index is 13.5. The number of hydrogen-bond donors (Lipinski definition) is 5. The number of sulfonamides is 1. The van der Waals surface area contributed by atoms with E-state index >= 15 is 0 Å². The standard InChI is InChI=1S/C26H26N6O3S2/c27-24(28)17-6-3-5-16(11-17)12-22(26-31-21-9-1-2-10-23(21)36-26)32-37(34,35)20-8-4-7-19(13-20)30-25(33)18-14-29-15-18/h1-11,13,18,22,29,32H,12,14-15H2,(H3,27,28)(H,30,33)/t22-/m0/s1. The van der Waals surface area contributed by atoms with Gasteiger partial charge in [-0.15, -0.1) is 11.3 Å². The number of carbonyl (C=O) groups is 1. The van der Waals surface area contributed by atoms with Crippen LogP contribution in [0.25, 0.3) is 10.2 Å². The SMILES string of the molecule is N=C(N)c1cccc(C[C@H](NS(=O)(=O)c2cccc(NC(=O)C3CNC3)c2)c2nc3ccccc3s2)c1. The first-order valence-corrected chi connectivity index (χ1v) is 14.0. The van der Waals surface area contributed by atoms with E-state index in [1.807, 2.05) is 30.3 Å². The summed E-state index contributed by atoms with van der Waals surface area (Å²) in [7, 11) is -3.98. The van der Waals surface area contributed by atoms with Gasteiger partial charge in [0.2, 0.25) is 15.9 Å². The molecule has 0 saturated carbocycles. The van der Waals surface area contributed by atoms with Crippen molar-refractivity contribution in [3.05, 3.63) is 88.9 Å². The summed E-state index contributed by atoms with van der Waals surface area (Å²) in [5.74, 6) is -0.318. The Bertz CT molecular complexity index is 1550. The van der Waals surface area contributed by atoms with E-state index in [4.69, 9.17) is 16.1 Å². The number of nitrogens with two attached hydrogens (primary N) is 1. The Kier molecular flexibility index (Phi) is 7.02. The van der Waals surface area contributed by atoms with Crippen LogP contribution in [0.4, 0.5) is 5.69 Å². The summed E-state index contributed by atoms with van der Waals surface area (Å²) in [6, 6.07) is 20.4. The van der Waals surface area contributed by atoms with Gasteiger partial charge in [-0.2, -0.15) is 0 Å². The van der Waals surface area contributed by atoms with Gasteiger partial charge in [-0.25, -0.2) is 18.1 Å². The highest BCUT2D eigenvalue weighted by Crippen LogP contribution is 2.30. The fourth-order valence-corrected chi connectivity index (χ4v) is 6.37. The fraction of sp³-hybridized carbons (Fsp3) is 0.192.